The first-order valence-electron chi connectivity index (χ1n) is 2.58. The molecule has 0 fully saturated rings. The van der Waals surface area contributed by atoms with Crippen LogP contribution in [0.25, 0.3) is 0 Å². The molecule has 0 rings (SSSR count). The SMILES string of the molecule is CC(C)(OC(N)=O)C(=O)O. The van der Waals surface area contributed by atoms with Gasteiger partial charge in [0.05, 0.1) is 0 Å². The Bertz CT molecular complexity index is 163. The smallest absolute Gasteiger partial charge is 0.405 e. The maximum Gasteiger partial charge on any atom is 0.405 e. The maximum atomic E-state index is 10.2. The molecule has 5 heteroatoms. The van der Waals surface area contributed by atoms with Gasteiger partial charge in [-0.15, -0.1) is 0 Å². The Morgan fingerprint density at radius 2 is 1.90 bits per heavy atom. The molecule has 0 radical (unpaired) electrons. The maximum absolute atomic E-state index is 10.2. The van der Waals surface area contributed by atoms with Gasteiger partial charge < -0.3 is 15.6 Å². The average Bonchev–Trinajstić information content (AvgIpc) is 1.60. The summed E-state index contributed by atoms with van der Waals surface area (Å²) in [5.41, 5.74) is 3.06. The standard InChI is InChI=1S/C5H9NO4/c1-5(2,3(7)8)10-4(6)9/h1-2H3,(H2,6,9)(H,7,8). The molecule has 0 aliphatic heterocycles. The number of carboxylic acids is 1. The molecule has 0 saturated heterocycles. The second kappa shape index (κ2) is 2.55. The average molecular weight is 147 g/mol. The van der Waals surface area contributed by atoms with Crippen LogP contribution < -0.4 is 5.73 Å². The van der Waals surface area contributed by atoms with Crippen LogP contribution >= 0.6 is 0 Å². The lowest BCUT2D eigenvalue weighted by Gasteiger charge is -2.17. The van der Waals surface area contributed by atoms with Gasteiger partial charge in [-0.25, -0.2) is 9.59 Å². The Morgan fingerprint density at radius 3 is 2.00 bits per heavy atom. The van der Waals surface area contributed by atoms with Crippen molar-refractivity contribution in [3.05, 3.63) is 0 Å². The molecule has 3 N–H and O–H groups in total. The molecule has 0 aliphatic rings. The van der Waals surface area contributed by atoms with E-state index in [1.165, 1.54) is 13.8 Å². The van der Waals surface area contributed by atoms with Crippen molar-refractivity contribution in [2.45, 2.75) is 19.4 Å². The summed E-state index contributed by atoms with van der Waals surface area (Å²) in [5, 5.41) is 8.36. The van der Waals surface area contributed by atoms with Crippen LogP contribution in [0.15, 0.2) is 0 Å². The molecule has 0 aliphatic carbocycles. The first kappa shape index (κ1) is 8.74. The molecule has 10 heavy (non-hydrogen) atoms. The van der Waals surface area contributed by atoms with Crippen LogP contribution in [-0.4, -0.2) is 22.8 Å². The minimum atomic E-state index is -1.54. The molecule has 58 valence electrons. The van der Waals surface area contributed by atoms with E-state index in [9.17, 15) is 9.59 Å². The van der Waals surface area contributed by atoms with Crippen molar-refractivity contribution in [1.82, 2.24) is 0 Å². The first-order chi connectivity index (χ1) is 4.36. The molecule has 0 unspecified atom stereocenters. The van der Waals surface area contributed by atoms with E-state index in [-0.39, 0.29) is 0 Å². The van der Waals surface area contributed by atoms with Crippen molar-refractivity contribution in [2.24, 2.45) is 5.73 Å². The quantitative estimate of drug-likeness (QED) is 0.572. The number of ether oxygens (including phenoxy) is 1. The zero-order valence-corrected chi connectivity index (χ0v) is 5.75. The Morgan fingerprint density at radius 1 is 1.50 bits per heavy atom. The van der Waals surface area contributed by atoms with Gasteiger partial charge in [-0.3, -0.25) is 0 Å². The van der Waals surface area contributed by atoms with Gasteiger partial charge in [0.15, 0.2) is 0 Å². The molecule has 0 spiro atoms. The Balaban J connectivity index is 4.13. The van der Waals surface area contributed by atoms with Crippen LogP contribution in [0.3, 0.4) is 0 Å². The minimum Gasteiger partial charge on any atom is -0.478 e. The monoisotopic (exact) mass is 147 g/mol. The predicted octanol–water partition coefficient (Wildman–Crippen LogP) is -0.0551. The summed E-state index contributed by atoms with van der Waals surface area (Å²) < 4.78 is 4.24. The zero-order chi connectivity index (χ0) is 8.36. The van der Waals surface area contributed by atoms with E-state index in [0.717, 1.165) is 0 Å². The molecule has 0 bridgehead atoms. The molecule has 0 saturated carbocycles. The third-order valence-corrected chi connectivity index (χ3v) is 0.871. The molecule has 1 amide bonds. The van der Waals surface area contributed by atoms with Gasteiger partial charge in [-0.1, -0.05) is 0 Å². The van der Waals surface area contributed by atoms with E-state index < -0.39 is 17.7 Å². The van der Waals surface area contributed by atoms with E-state index >= 15 is 0 Å². The summed E-state index contributed by atoms with van der Waals surface area (Å²) in [6, 6.07) is 0. The summed E-state index contributed by atoms with van der Waals surface area (Å²) in [4.78, 5) is 20.3. The van der Waals surface area contributed by atoms with Crippen LogP contribution in [0.1, 0.15) is 13.8 Å². The van der Waals surface area contributed by atoms with Gasteiger partial charge in [-0.05, 0) is 13.8 Å². The summed E-state index contributed by atoms with van der Waals surface area (Å²) in [5.74, 6) is -1.23. The fourth-order valence-corrected chi connectivity index (χ4v) is 0.295. The highest BCUT2D eigenvalue weighted by atomic mass is 16.6. The Kier molecular flexibility index (Phi) is 2.23. The number of rotatable bonds is 2. The lowest BCUT2D eigenvalue weighted by atomic mass is 10.1. The molecule has 0 heterocycles. The number of hydrogen-bond donors (Lipinski definition) is 2. The van der Waals surface area contributed by atoms with Crippen molar-refractivity contribution < 1.29 is 19.4 Å². The van der Waals surface area contributed by atoms with Crippen molar-refractivity contribution in [3.63, 3.8) is 0 Å². The van der Waals surface area contributed by atoms with Crippen molar-refractivity contribution in [2.75, 3.05) is 0 Å². The fourth-order valence-electron chi connectivity index (χ4n) is 0.295. The Labute approximate surface area is 57.8 Å². The molecular weight excluding hydrogens is 138 g/mol. The molecule has 0 aromatic heterocycles. The van der Waals surface area contributed by atoms with E-state index in [4.69, 9.17) is 5.11 Å². The molecule has 0 atom stereocenters. The highest BCUT2D eigenvalue weighted by Crippen LogP contribution is 2.07. The Hall–Kier alpha value is -1.26. The van der Waals surface area contributed by atoms with Gasteiger partial charge in [0.25, 0.3) is 0 Å². The molecule has 0 aromatic rings. The number of carboxylic acid groups (broad SMARTS) is 1. The predicted molar refractivity (Wildman–Crippen MR) is 32.4 cm³/mol. The lowest BCUT2D eigenvalue weighted by molar-refractivity contribution is -0.154. The number of primary amides is 1. The highest BCUT2D eigenvalue weighted by Gasteiger charge is 2.30. The van der Waals surface area contributed by atoms with Crippen LogP contribution in [0, 0.1) is 0 Å². The lowest BCUT2D eigenvalue weighted by Crippen LogP contribution is -2.38. The summed E-state index contributed by atoms with van der Waals surface area (Å²) in [6.07, 6.45) is -1.09. The number of amides is 1. The van der Waals surface area contributed by atoms with E-state index in [1.54, 1.807) is 0 Å². The van der Waals surface area contributed by atoms with Gasteiger partial charge >= 0.3 is 12.1 Å². The van der Waals surface area contributed by atoms with Gasteiger partial charge in [0, 0.05) is 0 Å². The van der Waals surface area contributed by atoms with Crippen molar-refractivity contribution >= 4 is 12.1 Å². The zero-order valence-electron chi connectivity index (χ0n) is 5.75. The molecular formula is C5H9NO4. The van der Waals surface area contributed by atoms with Crippen molar-refractivity contribution in [3.8, 4) is 0 Å². The third kappa shape index (κ3) is 2.34. The number of nitrogens with two attached hydrogens (primary N) is 1. The molecule has 0 aromatic carbocycles. The second-order valence-electron chi connectivity index (χ2n) is 2.24. The number of carbonyl (C=O) groups excluding carboxylic acids is 1. The van der Waals surface area contributed by atoms with Gasteiger partial charge in [0.2, 0.25) is 5.60 Å². The fraction of sp³-hybridized carbons (Fsp3) is 0.600. The van der Waals surface area contributed by atoms with E-state index in [0.29, 0.717) is 0 Å². The highest BCUT2D eigenvalue weighted by molar-refractivity contribution is 5.80. The van der Waals surface area contributed by atoms with Crippen molar-refractivity contribution in [1.29, 1.82) is 0 Å². The number of hydrogen-bond acceptors (Lipinski definition) is 3. The molecule has 5 nitrogen and oxygen atoms in total. The van der Waals surface area contributed by atoms with Crippen LogP contribution in [0.4, 0.5) is 4.79 Å². The van der Waals surface area contributed by atoms with Gasteiger partial charge in [0.1, 0.15) is 0 Å². The second-order valence-corrected chi connectivity index (χ2v) is 2.24. The number of carbonyl (C=O) groups is 2. The summed E-state index contributed by atoms with van der Waals surface area (Å²) >= 11 is 0. The summed E-state index contributed by atoms with van der Waals surface area (Å²) in [7, 11) is 0. The third-order valence-electron chi connectivity index (χ3n) is 0.871. The topological polar surface area (TPSA) is 89.6 Å². The van der Waals surface area contributed by atoms with Crippen LogP contribution in [0.2, 0.25) is 0 Å². The van der Waals surface area contributed by atoms with Gasteiger partial charge in [-0.2, -0.15) is 0 Å². The van der Waals surface area contributed by atoms with Crippen LogP contribution in [-0.2, 0) is 9.53 Å². The van der Waals surface area contributed by atoms with Crippen LogP contribution in [0.5, 0.6) is 0 Å². The first-order valence-corrected chi connectivity index (χ1v) is 2.58. The van der Waals surface area contributed by atoms with E-state index in [1.807, 2.05) is 0 Å². The summed E-state index contributed by atoms with van der Waals surface area (Å²) in [6.45, 7) is 2.47. The largest absolute Gasteiger partial charge is 0.478 e. The minimum absolute atomic E-state index is 1.09. The van der Waals surface area contributed by atoms with E-state index in [2.05, 4.69) is 10.5 Å². The number of aliphatic carboxylic acids is 1. The normalized spacial score (nSPS) is 10.6.